The summed E-state index contributed by atoms with van der Waals surface area (Å²) in [4.78, 5) is 4.85. The predicted octanol–water partition coefficient (Wildman–Crippen LogP) is 23.3. The standard InChI is InChI=1S/C72H42N2OS4/c1-3-15-45(16-4-1)73(47-30-34-69-60(37-47)53-20-8-12-24-66(53)76-69)49-39-58(72-62(40-49)55-22-10-14-26-68(55)79-72)44-27-31-51-59-35-43(28-33-63(59)75-64(51)36-44)57-38-50(41-61-54-21-9-13-25-67(54)78-71(57)61)74(46-17-5-2-6-18-46)48-29-32-56-52-19-7-11-23-65(52)77-70(56)42-48/h1-42H. The molecule has 0 aliphatic heterocycles. The predicted molar refractivity (Wildman–Crippen MR) is 346 cm³/mol. The highest BCUT2D eigenvalue weighted by Crippen LogP contribution is 2.50. The lowest BCUT2D eigenvalue weighted by Crippen LogP contribution is -2.10. The van der Waals surface area contributed by atoms with Gasteiger partial charge in [-0.15, -0.1) is 45.3 Å². The van der Waals surface area contributed by atoms with Crippen LogP contribution in [0.1, 0.15) is 0 Å². The van der Waals surface area contributed by atoms with Crippen molar-refractivity contribution < 1.29 is 4.42 Å². The summed E-state index contributed by atoms with van der Waals surface area (Å²) < 4.78 is 17.2. The average molecular weight is 1080 g/mol. The Morgan fingerprint density at radius 1 is 0.228 bits per heavy atom. The van der Waals surface area contributed by atoms with E-state index in [4.69, 9.17) is 4.42 Å². The Bertz CT molecular complexity index is 5290. The first kappa shape index (κ1) is 45.0. The molecule has 79 heavy (non-hydrogen) atoms. The van der Waals surface area contributed by atoms with E-state index in [0.717, 1.165) is 67.2 Å². The van der Waals surface area contributed by atoms with Crippen LogP contribution >= 0.6 is 45.3 Å². The Balaban J connectivity index is 0.828. The van der Waals surface area contributed by atoms with Gasteiger partial charge >= 0.3 is 0 Å². The lowest BCUT2D eigenvalue weighted by atomic mass is 9.97. The number of para-hydroxylation sites is 2. The van der Waals surface area contributed by atoms with Crippen LogP contribution in [-0.2, 0) is 0 Å². The zero-order valence-electron chi connectivity index (χ0n) is 42.2. The number of nitrogens with zero attached hydrogens (tertiary/aromatic N) is 2. The normalized spacial score (nSPS) is 12.1. The lowest BCUT2D eigenvalue weighted by molar-refractivity contribution is 0.669. The van der Waals surface area contributed by atoms with E-state index >= 15 is 0 Å². The van der Waals surface area contributed by atoms with E-state index < -0.39 is 0 Å². The van der Waals surface area contributed by atoms with E-state index in [0.29, 0.717) is 0 Å². The van der Waals surface area contributed by atoms with Gasteiger partial charge in [0.1, 0.15) is 11.2 Å². The maximum atomic E-state index is 6.92. The molecule has 0 N–H and O–H groups in total. The number of anilines is 6. The van der Waals surface area contributed by atoms with Gasteiger partial charge in [-0.05, 0) is 139 Å². The van der Waals surface area contributed by atoms with Crippen molar-refractivity contribution in [2.75, 3.05) is 9.80 Å². The zero-order chi connectivity index (χ0) is 51.7. The fraction of sp³-hybridized carbons (Fsp3) is 0. The van der Waals surface area contributed by atoms with Crippen molar-refractivity contribution in [1.29, 1.82) is 0 Å². The van der Waals surface area contributed by atoms with E-state index in [9.17, 15) is 0 Å². The van der Waals surface area contributed by atoms with Gasteiger partial charge in [0, 0.05) is 137 Å². The third kappa shape index (κ3) is 7.21. The summed E-state index contributed by atoms with van der Waals surface area (Å²) in [6.45, 7) is 0. The Kier molecular flexibility index (Phi) is 10.1. The second-order valence-electron chi connectivity index (χ2n) is 20.4. The van der Waals surface area contributed by atoms with Gasteiger partial charge in [0.15, 0.2) is 0 Å². The number of thiophene rings is 4. The summed E-state index contributed by atoms with van der Waals surface area (Å²) in [5, 5.41) is 12.4. The quantitative estimate of drug-likeness (QED) is 0.151. The average Bonchev–Trinajstić information content (AvgIpc) is 4.41. The van der Waals surface area contributed by atoms with E-state index in [1.165, 1.54) is 91.8 Å². The summed E-state index contributed by atoms with van der Waals surface area (Å²) in [5.41, 5.74) is 13.1. The molecular formula is C72H42N2OS4. The minimum Gasteiger partial charge on any atom is -0.456 e. The molecule has 0 saturated heterocycles. The first-order chi connectivity index (χ1) is 39.1. The van der Waals surface area contributed by atoms with Gasteiger partial charge in [-0.25, -0.2) is 0 Å². The summed E-state index contributed by atoms with van der Waals surface area (Å²) in [6, 6.07) is 93.9. The molecule has 7 heteroatoms. The molecule has 0 amide bonds. The van der Waals surface area contributed by atoms with Crippen molar-refractivity contribution in [3.63, 3.8) is 0 Å². The van der Waals surface area contributed by atoms with Gasteiger partial charge in [-0.3, -0.25) is 0 Å². The zero-order valence-corrected chi connectivity index (χ0v) is 45.5. The van der Waals surface area contributed by atoms with Crippen LogP contribution in [0.5, 0.6) is 0 Å². The maximum Gasteiger partial charge on any atom is 0.136 e. The minimum absolute atomic E-state index is 0.867. The van der Waals surface area contributed by atoms with Gasteiger partial charge in [0.05, 0.1) is 0 Å². The molecule has 17 aromatic rings. The fourth-order valence-corrected chi connectivity index (χ4v) is 16.8. The van der Waals surface area contributed by atoms with Crippen molar-refractivity contribution in [2.45, 2.75) is 0 Å². The lowest BCUT2D eigenvalue weighted by Gasteiger charge is -2.26. The molecule has 0 spiro atoms. The molecule has 0 unspecified atom stereocenters. The van der Waals surface area contributed by atoms with Gasteiger partial charge < -0.3 is 14.2 Å². The number of rotatable bonds is 8. The van der Waals surface area contributed by atoms with Crippen LogP contribution in [-0.4, -0.2) is 0 Å². The molecular weight excluding hydrogens is 1040 g/mol. The molecule has 0 bridgehead atoms. The molecule has 0 atom stereocenters. The van der Waals surface area contributed by atoms with E-state index in [1.807, 2.05) is 45.3 Å². The molecule has 5 heterocycles. The van der Waals surface area contributed by atoms with Crippen LogP contribution in [0.25, 0.3) is 125 Å². The van der Waals surface area contributed by atoms with Crippen molar-refractivity contribution in [3.8, 4) is 22.3 Å². The highest BCUT2D eigenvalue weighted by atomic mass is 32.1. The number of benzene rings is 12. The van der Waals surface area contributed by atoms with Crippen LogP contribution in [0.3, 0.4) is 0 Å². The van der Waals surface area contributed by atoms with Crippen molar-refractivity contribution in [3.05, 3.63) is 255 Å². The largest absolute Gasteiger partial charge is 0.456 e. The van der Waals surface area contributed by atoms with E-state index in [2.05, 4.69) is 265 Å². The van der Waals surface area contributed by atoms with Crippen LogP contribution in [0, 0.1) is 0 Å². The van der Waals surface area contributed by atoms with Crippen molar-refractivity contribution >= 4 is 182 Å². The topological polar surface area (TPSA) is 19.6 Å². The third-order valence-corrected chi connectivity index (χ3v) is 20.5. The SMILES string of the molecule is c1ccc(N(c2ccc3c(c2)sc2ccccc23)c2cc(-c3ccc4oc5cc(-c6cc(N(c7ccccc7)c7ccc8sc9ccccc9c8c7)cc7c6sc6ccccc67)ccc5c4c3)c3sc4ccccc4c3c2)cc1. The molecule has 370 valence electrons. The van der Waals surface area contributed by atoms with Gasteiger partial charge in [-0.2, -0.15) is 0 Å². The molecule has 3 nitrogen and oxygen atoms in total. The van der Waals surface area contributed by atoms with Crippen LogP contribution in [0.4, 0.5) is 34.1 Å². The first-order valence-electron chi connectivity index (χ1n) is 26.5. The Hall–Kier alpha value is -9.08. The van der Waals surface area contributed by atoms with E-state index in [-0.39, 0.29) is 0 Å². The summed E-state index contributed by atoms with van der Waals surface area (Å²) in [5.74, 6) is 0. The highest BCUT2D eigenvalue weighted by Gasteiger charge is 2.23. The van der Waals surface area contributed by atoms with Crippen molar-refractivity contribution in [1.82, 2.24) is 0 Å². The number of furan rings is 1. The van der Waals surface area contributed by atoms with Crippen LogP contribution in [0.15, 0.2) is 259 Å². The molecule has 12 aromatic carbocycles. The molecule has 0 radical (unpaired) electrons. The molecule has 0 aliphatic rings. The number of hydrogen-bond acceptors (Lipinski definition) is 7. The molecule has 0 fully saturated rings. The van der Waals surface area contributed by atoms with E-state index in [1.54, 1.807) is 0 Å². The van der Waals surface area contributed by atoms with Gasteiger partial charge in [-0.1, -0.05) is 127 Å². The Morgan fingerprint density at radius 2 is 0.658 bits per heavy atom. The van der Waals surface area contributed by atoms with Crippen LogP contribution in [0.2, 0.25) is 0 Å². The molecule has 0 aliphatic carbocycles. The third-order valence-electron chi connectivity index (χ3n) is 15.8. The monoisotopic (exact) mass is 1080 g/mol. The second kappa shape index (κ2) is 17.7. The van der Waals surface area contributed by atoms with Crippen LogP contribution < -0.4 is 9.80 Å². The summed E-state index contributed by atoms with van der Waals surface area (Å²) >= 11 is 7.45. The molecule has 5 aromatic heterocycles. The first-order valence-corrected chi connectivity index (χ1v) is 29.8. The number of fused-ring (bicyclic) bond motifs is 15. The second-order valence-corrected chi connectivity index (χ2v) is 24.6. The summed E-state index contributed by atoms with van der Waals surface area (Å²) in [7, 11) is 0. The summed E-state index contributed by atoms with van der Waals surface area (Å²) in [6.07, 6.45) is 0. The number of hydrogen-bond donors (Lipinski definition) is 0. The molecule has 0 saturated carbocycles. The molecule has 17 rings (SSSR count). The Labute approximate surface area is 469 Å². The van der Waals surface area contributed by atoms with Gasteiger partial charge in [0.2, 0.25) is 0 Å². The fourth-order valence-electron chi connectivity index (χ4n) is 12.2. The van der Waals surface area contributed by atoms with Gasteiger partial charge in [0.25, 0.3) is 0 Å². The highest BCUT2D eigenvalue weighted by molar-refractivity contribution is 7.27. The minimum atomic E-state index is 0.867. The maximum absolute atomic E-state index is 6.92. The van der Waals surface area contributed by atoms with Crippen molar-refractivity contribution in [2.24, 2.45) is 0 Å². The Morgan fingerprint density at radius 3 is 1.27 bits per heavy atom. The smallest absolute Gasteiger partial charge is 0.136 e.